The van der Waals surface area contributed by atoms with Gasteiger partial charge < -0.3 is 100 Å². The molecule has 18 atom stereocenters. The van der Waals surface area contributed by atoms with E-state index in [1.54, 1.807) is 0 Å². The number of aliphatic hydroxyl groups excluding tert-OH is 11. The lowest BCUT2D eigenvalue weighted by Gasteiger charge is -2.50. The van der Waals surface area contributed by atoms with E-state index < -0.39 is 148 Å². The first-order chi connectivity index (χ1) is 42.4. The summed E-state index contributed by atoms with van der Waals surface area (Å²) >= 11 is 0. The van der Waals surface area contributed by atoms with Crippen LogP contribution in [0.25, 0.3) is 0 Å². The van der Waals surface area contributed by atoms with Gasteiger partial charge in [0.1, 0.15) is 67.1 Å². The molecule has 2 amide bonds. The maximum Gasteiger partial charge on any atom is 0.364 e. The van der Waals surface area contributed by atoms with Crippen LogP contribution in [0.15, 0.2) is 0 Å². The number of amides is 2. The van der Waals surface area contributed by atoms with Crippen LogP contribution in [0.2, 0.25) is 0 Å². The lowest BCUT2D eigenvalue weighted by Crippen LogP contribution is -2.70. The zero-order chi connectivity index (χ0) is 64.7. The van der Waals surface area contributed by atoms with Gasteiger partial charge in [-0.15, -0.1) is 0 Å². The Kier molecular flexibility index (Phi) is 42.5. The van der Waals surface area contributed by atoms with E-state index in [2.05, 4.69) is 24.5 Å². The molecule has 88 heavy (non-hydrogen) atoms. The van der Waals surface area contributed by atoms with Crippen LogP contribution >= 0.6 is 0 Å². The van der Waals surface area contributed by atoms with Crippen LogP contribution in [0.3, 0.4) is 0 Å². The van der Waals surface area contributed by atoms with Crippen molar-refractivity contribution in [2.24, 2.45) is 0 Å². The minimum absolute atomic E-state index is 0.229. The average Bonchev–Trinajstić information content (AvgIpc) is 1.22. The van der Waals surface area contributed by atoms with Crippen molar-refractivity contribution in [3.8, 4) is 0 Å². The van der Waals surface area contributed by atoms with E-state index >= 15 is 0 Å². The number of nitrogens with one attached hydrogen (secondary N) is 2. The van der Waals surface area contributed by atoms with Gasteiger partial charge in [0, 0.05) is 19.8 Å². The summed E-state index contributed by atoms with van der Waals surface area (Å²) in [5.74, 6) is -6.09. The van der Waals surface area contributed by atoms with Crippen LogP contribution in [-0.4, -0.2) is 215 Å². The summed E-state index contributed by atoms with van der Waals surface area (Å²) < 4.78 is 34.8. The van der Waals surface area contributed by atoms with E-state index in [0.717, 1.165) is 51.9 Å². The molecule has 0 radical (unpaired) electrons. The number of hydrogen-bond acceptors (Lipinski definition) is 20. The molecule has 3 saturated heterocycles. The van der Waals surface area contributed by atoms with Gasteiger partial charge in [-0.25, -0.2) is 4.79 Å². The molecule has 518 valence electrons. The molecule has 23 heteroatoms. The van der Waals surface area contributed by atoms with Gasteiger partial charge >= 0.3 is 5.97 Å². The van der Waals surface area contributed by atoms with Gasteiger partial charge in [0.05, 0.1) is 50.7 Å². The number of hydrogen-bond donors (Lipinski definition) is 14. The Hall–Kier alpha value is -2.27. The van der Waals surface area contributed by atoms with Gasteiger partial charge in [0.2, 0.25) is 11.8 Å². The smallest absolute Gasteiger partial charge is 0.364 e. The molecular formula is C65H122N2O21. The number of unbranched alkanes of at least 4 members (excludes halogenated alkanes) is 32. The van der Waals surface area contributed by atoms with Gasteiger partial charge in [0.15, 0.2) is 12.6 Å². The number of carbonyl (C=O) groups is 3. The predicted molar refractivity (Wildman–Crippen MR) is 329 cm³/mol. The molecule has 0 saturated carbocycles. The van der Waals surface area contributed by atoms with E-state index in [9.17, 15) is 75.7 Å². The van der Waals surface area contributed by atoms with Crippen molar-refractivity contribution in [3.05, 3.63) is 0 Å². The van der Waals surface area contributed by atoms with Crippen molar-refractivity contribution in [1.29, 1.82) is 0 Å². The Morgan fingerprint density at radius 3 is 1.42 bits per heavy atom. The Morgan fingerprint density at radius 2 is 0.989 bits per heavy atom. The van der Waals surface area contributed by atoms with Crippen LogP contribution in [0.5, 0.6) is 0 Å². The number of rotatable bonds is 52. The molecule has 14 N–H and O–H groups in total. The largest absolute Gasteiger partial charge is 0.477 e. The molecule has 18 unspecified atom stereocenters. The maximum atomic E-state index is 13.5. The van der Waals surface area contributed by atoms with Crippen LogP contribution < -0.4 is 10.6 Å². The SMILES string of the molecule is CCCCCCCCCCCCCCCCCCCC(=O)NC(COC1OC(CO)C(OC2OC(CO)C(O)C(OC3(C(=O)O)CC(O)C(NC(C)=O)C(C(O)C(O)CO)O3)C2O)C(O)C1O)C(O)CCCCCCCCCCCCCCCCCCC. The van der Waals surface area contributed by atoms with Crippen molar-refractivity contribution >= 4 is 17.8 Å². The Labute approximate surface area is 525 Å². The highest BCUT2D eigenvalue weighted by Gasteiger charge is 2.60. The molecule has 3 heterocycles. The highest BCUT2D eigenvalue weighted by atomic mass is 16.8. The van der Waals surface area contributed by atoms with Gasteiger partial charge in [-0.05, 0) is 12.8 Å². The van der Waals surface area contributed by atoms with E-state index in [1.807, 2.05) is 0 Å². The highest BCUT2D eigenvalue weighted by molar-refractivity contribution is 5.77. The van der Waals surface area contributed by atoms with Gasteiger partial charge in [-0.1, -0.05) is 226 Å². The quantitative estimate of drug-likeness (QED) is 0.0323. The third-order valence-electron chi connectivity index (χ3n) is 17.8. The number of carboxylic acid groups (broad SMARTS) is 1. The number of aliphatic carboxylic acids is 1. The molecule has 3 fully saturated rings. The summed E-state index contributed by atoms with van der Waals surface area (Å²) in [5, 5.41) is 136. The molecule has 23 nitrogen and oxygen atoms in total. The molecule has 0 aromatic heterocycles. The van der Waals surface area contributed by atoms with Gasteiger partial charge in [0.25, 0.3) is 5.79 Å². The summed E-state index contributed by atoms with van der Waals surface area (Å²) in [5.41, 5.74) is 0. The highest BCUT2D eigenvalue weighted by Crippen LogP contribution is 2.39. The molecule has 0 aromatic rings. The van der Waals surface area contributed by atoms with Crippen molar-refractivity contribution < 1.29 is 104 Å². The fraction of sp³-hybridized carbons (Fsp3) is 0.954. The van der Waals surface area contributed by atoms with Crippen LogP contribution in [-0.2, 0) is 42.8 Å². The molecule has 0 spiro atoms. The first kappa shape index (κ1) is 80.0. The van der Waals surface area contributed by atoms with Crippen molar-refractivity contribution in [1.82, 2.24) is 10.6 Å². The minimum Gasteiger partial charge on any atom is -0.477 e. The zero-order valence-electron chi connectivity index (χ0n) is 53.8. The second-order valence-electron chi connectivity index (χ2n) is 25.4. The Bertz CT molecular complexity index is 1790. The van der Waals surface area contributed by atoms with Crippen molar-refractivity contribution in [2.75, 3.05) is 26.4 Å². The fourth-order valence-electron chi connectivity index (χ4n) is 12.3. The first-order valence-electron chi connectivity index (χ1n) is 34.4. The van der Waals surface area contributed by atoms with E-state index in [4.69, 9.17) is 28.4 Å². The van der Waals surface area contributed by atoms with Crippen LogP contribution in [0.4, 0.5) is 0 Å². The third kappa shape index (κ3) is 29.4. The Morgan fingerprint density at radius 1 is 0.545 bits per heavy atom. The summed E-state index contributed by atoms with van der Waals surface area (Å²) in [6, 6.07) is -2.52. The molecular weight excluding hydrogens is 1140 g/mol. The van der Waals surface area contributed by atoms with Gasteiger partial charge in [-0.3, -0.25) is 9.59 Å². The van der Waals surface area contributed by atoms with Crippen molar-refractivity contribution in [3.63, 3.8) is 0 Å². The van der Waals surface area contributed by atoms with Crippen LogP contribution in [0.1, 0.15) is 258 Å². The monoisotopic (exact) mass is 1270 g/mol. The number of carbonyl (C=O) groups excluding carboxylic acids is 2. The van der Waals surface area contributed by atoms with Gasteiger partial charge in [-0.2, -0.15) is 0 Å². The second kappa shape index (κ2) is 46.7. The standard InChI is InChI=1S/C65H122N2O21/c1-4-6-8-10-12-14-16-18-20-22-24-26-28-30-32-34-36-38-47(72)46(67-52(75)39-37-35-33-31-29-27-25-23-21-19-17-15-13-11-9-7-5-2)44-83-62-57(79)56(78)59(51(43-70)85-62)86-63-58(80)61(55(77)50(42-69)84-63)88-65(64(81)82)40-48(73)53(66-45(3)71)60(87-65)54(76)49(74)41-68/h46-51,53-63,68-70,72-74,76-80H,4-44H2,1-3H3,(H,66,71)(H,67,75)(H,81,82). The summed E-state index contributed by atoms with van der Waals surface area (Å²) in [4.78, 5) is 38.5. The molecule has 3 rings (SSSR count). The minimum atomic E-state index is -3.08. The lowest BCUT2D eigenvalue weighted by atomic mass is 9.88. The van der Waals surface area contributed by atoms with E-state index in [-0.39, 0.29) is 18.9 Å². The Balaban J connectivity index is 1.60. The predicted octanol–water partition coefficient (Wildman–Crippen LogP) is 5.73. The molecule has 0 aliphatic carbocycles. The normalized spacial score (nSPS) is 28.9. The summed E-state index contributed by atoms with van der Waals surface area (Å²) in [6.07, 6.45) is 12.4. The number of carboxylic acids is 1. The fourth-order valence-corrected chi connectivity index (χ4v) is 12.3. The molecule has 3 aliphatic heterocycles. The third-order valence-corrected chi connectivity index (χ3v) is 17.8. The number of ether oxygens (including phenoxy) is 6. The zero-order valence-corrected chi connectivity index (χ0v) is 53.8. The summed E-state index contributed by atoms with van der Waals surface area (Å²) in [6.45, 7) is 2.22. The molecule has 0 bridgehead atoms. The van der Waals surface area contributed by atoms with Crippen molar-refractivity contribution in [2.45, 2.75) is 368 Å². The number of aliphatic hydroxyl groups is 11. The first-order valence-corrected chi connectivity index (χ1v) is 34.4. The molecule has 0 aromatic carbocycles. The van der Waals surface area contributed by atoms with E-state index in [1.165, 1.54) is 161 Å². The lowest BCUT2D eigenvalue weighted by molar-refractivity contribution is -0.386. The second-order valence-corrected chi connectivity index (χ2v) is 25.4. The average molecular weight is 1270 g/mol. The van der Waals surface area contributed by atoms with Crippen LogP contribution in [0, 0.1) is 0 Å². The topological polar surface area (TPSA) is 373 Å². The molecule has 3 aliphatic rings. The summed E-state index contributed by atoms with van der Waals surface area (Å²) in [7, 11) is 0. The van der Waals surface area contributed by atoms with E-state index in [0.29, 0.717) is 19.3 Å². The maximum absolute atomic E-state index is 13.5.